The van der Waals surface area contributed by atoms with Crippen molar-refractivity contribution < 1.29 is 4.74 Å². The van der Waals surface area contributed by atoms with Gasteiger partial charge in [0.1, 0.15) is 0 Å². The van der Waals surface area contributed by atoms with Crippen molar-refractivity contribution in [3.05, 3.63) is 0 Å². The average Bonchev–Trinajstić information content (AvgIpc) is 2.68. The maximum Gasteiger partial charge on any atom is 0.0631 e. The van der Waals surface area contributed by atoms with Crippen molar-refractivity contribution in [2.24, 2.45) is 17.3 Å². The highest BCUT2D eigenvalue weighted by atomic mass is 16.5. The molecule has 1 aliphatic carbocycles. The molecule has 0 radical (unpaired) electrons. The van der Waals surface area contributed by atoms with Gasteiger partial charge in [0.05, 0.1) is 11.7 Å². The molecule has 2 aliphatic rings. The fourth-order valence-electron chi connectivity index (χ4n) is 4.76. The normalized spacial score (nSPS) is 36.9. The van der Waals surface area contributed by atoms with Crippen LogP contribution < -0.4 is 5.32 Å². The van der Waals surface area contributed by atoms with Crippen LogP contribution in [0.15, 0.2) is 0 Å². The summed E-state index contributed by atoms with van der Waals surface area (Å²) in [5.41, 5.74) is 0.473. The molecule has 1 saturated heterocycles. The van der Waals surface area contributed by atoms with E-state index in [0.717, 1.165) is 18.4 Å². The van der Waals surface area contributed by atoms with Crippen LogP contribution in [0.2, 0.25) is 0 Å². The van der Waals surface area contributed by atoms with E-state index in [2.05, 4.69) is 46.9 Å². The highest BCUT2D eigenvalue weighted by Crippen LogP contribution is 2.45. The second-order valence-corrected chi connectivity index (χ2v) is 8.92. The lowest BCUT2D eigenvalue weighted by molar-refractivity contribution is -0.0454. The molecule has 4 unspecified atom stereocenters. The molecule has 0 amide bonds. The highest BCUT2D eigenvalue weighted by molar-refractivity contribution is 4.94. The molecule has 1 aliphatic heterocycles. The molecule has 0 aromatic rings. The predicted octanol–water partition coefficient (Wildman–Crippen LogP) is 4.77. The number of rotatable bonds is 5. The lowest BCUT2D eigenvalue weighted by Gasteiger charge is -2.45. The van der Waals surface area contributed by atoms with Crippen LogP contribution in [0.4, 0.5) is 0 Å². The monoisotopic (exact) mass is 295 g/mol. The molecule has 1 saturated carbocycles. The molecular formula is C19H37NO. The smallest absolute Gasteiger partial charge is 0.0631 e. The summed E-state index contributed by atoms with van der Waals surface area (Å²) < 4.78 is 6.27. The third kappa shape index (κ3) is 4.45. The highest BCUT2D eigenvalue weighted by Gasteiger charge is 2.42. The second kappa shape index (κ2) is 6.58. The van der Waals surface area contributed by atoms with Crippen molar-refractivity contribution in [2.45, 2.75) is 97.8 Å². The number of hydrogen-bond donors (Lipinski definition) is 1. The third-order valence-corrected chi connectivity index (χ3v) is 5.89. The van der Waals surface area contributed by atoms with Crippen LogP contribution in [0, 0.1) is 17.3 Å². The third-order valence-electron chi connectivity index (χ3n) is 5.89. The first-order chi connectivity index (χ1) is 9.73. The molecule has 21 heavy (non-hydrogen) atoms. The Morgan fingerprint density at radius 2 is 1.90 bits per heavy atom. The van der Waals surface area contributed by atoms with E-state index in [0.29, 0.717) is 17.6 Å². The van der Waals surface area contributed by atoms with Gasteiger partial charge in [-0.2, -0.15) is 0 Å². The Morgan fingerprint density at radius 1 is 1.19 bits per heavy atom. The lowest BCUT2D eigenvalue weighted by atomic mass is 9.64. The van der Waals surface area contributed by atoms with Gasteiger partial charge in [0.15, 0.2) is 0 Å². The zero-order chi connectivity index (χ0) is 15.7. The summed E-state index contributed by atoms with van der Waals surface area (Å²) in [5, 5.41) is 3.77. The Balaban J connectivity index is 1.99. The molecule has 0 bridgehead atoms. The molecule has 0 spiro atoms. The van der Waals surface area contributed by atoms with Crippen LogP contribution >= 0.6 is 0 Å². The first-order valence-corrected chi connectivity index (χ1v) is 9.15. The Bertz CT molecular complexity index is 336. The topological polar surface area (TPSA) is 21.3 Å². The summed E-state index contributed by atoms with van der Waals surface area (Å²) in [7, 11) is 0. The van der Waals surface area contributed by atoms with Crippen molar-refractivity contribution >= 4 is 0 Å². The van der Waals surface area contributed by atoms with Gasteiger partial charge in [0, 0.05) is 6.04 Å². The van der Waals surface area contributed by atoms with Gasteiger partial charge in [0.2, 0.25) is 0 Å². The summed E-state index contributed by atoms with van der Waals surface area (Å²) in [4.78, 5) is 0. The van der Waals surface area contributed by atoms with E-state index in [1.165, 1.54) is 38.5 Å². The van der Waals surface area contributed by atoms with Gasteiger partial charge in [-0.1, -0.05) is 34.1 Å². The van der Waals surface area contributed by atoms with Crippen LogP contribution in [0.5, 0.6) is 0 Å². The van der Waals surface area contributed by atoms with Crippen molar-refractivity contribution in [1.29, 1.82) is 0 Å². The molecule has 2 heteroatoms. The Labute approximate surface area is 132 Å². The van der Waals surface area contributed by atoms with E-state index in [4.69, 9.17) is 4.74 Å². The van der Waals surface area contributed by atoms with E-state index < -0.39 is 0 Å². The molecule has 124 valence electrons. The maximum atomic E-state index is 6.27. The second-order valence-electron chi connectivity index (χ2n) is 8.92. The van der Waals surface area contributed by atoms with Crippen molar-refractivity contribution in [1.82, 2.24) is 5.32 Å². The number of ether oxygens (including phenoxy) is 1. The summed E-state index contributed by atoms with van der Waals surface area (Å²) >= 11 is 0. The first-order valence-electron chi connectivity index (χ1n) is 9.15. The largest absolute Gasteiger partial charge is 0.372 e. The summed E-state index contributed by atoms with van der Waals surface area (Å²) in [6.07, 6.45) is 8.26. The first kappa shape index (κ1) is 17.3. The van der Waals surface area contributed by atoms with Crippen LogP contribution in [-0.4, -0.2) is 24.3 Å². The Morgan fingerprint density at radius 3 is 2.48 bits per heavy atom. The molecule has 0 aromatic heterocycles. The van der Waals surface area contributed by atoms with E-state index in [1.807, 2.05) is 0 Å². The minimum atomic E-state index is 0.100. The number of hydrogen-bond acceptors (Lipinski definition) is 2. The van der Waals surface area contributed by atoms with Crippen LogP contribution in [-0.2, 0) is 4.74 Å². The Hall–Kier alpha value is -0.0800. The molecule has 0 aromatic carbocycles. The quantitative estimate of drug-likeness (QED) is 0.788. The fourth-order valence-corrected chi connectivity index (χ4v) is 4.76. The van der Waals surface area contributed by atoms with Gasteiger partial charge in [0.25, 0.3) is 0 Å². The molecular weight excluding hydrogens is 258 g/mol. The van der Waals surface area contributed by atoms with Crippen molar-refractivity contribution in [3.8, 4) is 0 Å². The summed E-state index contributed by atoms with van der Waals surface area (Å²) in [5.74, 6) is 1.67. The molecule has 1 N–H and O–H groups in total. The van der Waals surface area contributed by atoms with Crippen molar-refractivity contribution in [2.75, 3.05) is 6.54 Å². The zero-order valence-corrected chi connectivity index (χ0v) is 15.2. The van der Waals surface area contributed by atoms with Crippen LogP contribution in [0.3, 0.4) is 0 Å². The van der Waals surface area contributed by atoms with Crippen LogP contribution in [0.1, 0.15) is 80.1 Å². The summed E-state index contributed by atoms with van der Waals surface area (Å²) in [6, 6.07) is 0.697. The van der Waals surface area contributed by atoms with Crippen LogP contribution in [0.25, 0.3) is 0 Å². The van der Waals surface area contributed by atoms with Gasteiger partial charge >= 0.3 is 0 Å². The van der Waals surface area contributed by atoms with Gasteiger partial charge in [-0.15, -0.1) is 0 Å². The van der Waals surface area contributed by atoms with E-state index in [1.54, 1.807) is 0 Å². The fraction of sp³-hybridized carbons (Fsp3) is 1.00. The van der Waals surface area contributed by atoms with E-state index in [-0.39, 0.29) is 5.60 Å². The van der Waals surface area contributed by atoms with Gasteiger partial charge in [-0.25, -0.2) is 0 Å². The molecule has 2 fully saturated rings. The SMILES string of the molecule is CCNC1CC(C)CCC1C(C)(C)CC1CCC(C)(C)O1. The standard InChI is InChI=1S/C19H37NO/c1-7-20-17-12-14(2)8-9-16(17)18(3,4)13-15-10-11-19(5,6)21-15/h14-17,20H,7-13H2,1-6H3. The lowest BCUT2D eigenvalue weighted by Crippen LogP contribution is -2.47. The van der Waals surface area contributed by atoms with Gasteiger partial charge in [-0.05, 0) is 69.7 Å². The molecule has 2 rings (SSSR count). The summed E-state index contributed by atoms with van der Waals surface area (Å²) in [6.45, 7) is 15.2. The number of nitrogens with one attached hydrogen (secondary N) is 1. The molecule has 2 nitrogen and oxygen atoms in total. The predicted molar refractivity (Wildman–Crippen MR) is 90.6 cm³/mol. The molecule has 1 heterocycles. The maximum absolute atomic E-state index is 6.27. The zero-order valence-electron chi connectivity index (χ0n) is 15.2. The Kier molecular flexibility index (Phi) is 5.41. The van der Waals surface area contributed by atoms with E-state index in [9.17, 15) is 0 Å². The van der Waals surface area contributed by atoms with Crippen molar-refractivity contribution in [3.63, 3.8) is 0 Å². The van der Waals surface area contributed by atoms with E-state index >= 15 is 0 Å². The average molecular weight is 296 g/mol. The minimum absolute atomic E-state index is 0.100. The molecule has 4 atom stereocenters. The van der Waals surface area contributed by atoms with Gasteiger partial charge in [-0.3, -0.25) is 0 Å². The van der Waals surface area contributed by atoms with Gasteiger partial charge < -0.3 is 10.1 Å². The minimum Gasteiger partial charge on any atom is -0.372 e.